The molecule has 0 spiro atoms. The summed E-state index contributed by atoms with van der Waals surface area (Å²) in [4.78, 5) is 17.4. The maximum atomic E-state index is 12.2. The normalized spacial score (nSPS) is 11.3. The largest absolute Gasteiger partial charge is 0.411 e. The lowest BCUT2D eigenvalue weighted by Gasteiger charge is -1.97. The Morgan fingerprint density at radius 3 is 2.85 bits per heavy atom. The molecule has 0 saturated carbocycles. The minimum absolute atomic E-state index is 0.179. The molecule has 0 radical (unpaired) electrons. The Balaban J connectivity index is 1.50. The van der Waals surface area contributed by atoms with Crippen molar-refractivity contribution in [3.8, 4) is 11.5 Å². The summed E-state index contributed by atoms with van der Waals surface area (Å²) in [7, 11) is 0. The zero-order valence-corrected chi connectivity index (χ0v) is 16.6. The van der Waals surface area contributed by atoms with Crippen LogP contribution in [0.15, 0.2) is 44.8 Å². The Hall–Kier alpha value is -2.23. The highest BCUT2D eigenvalue weighted by atomic mass is 35.5. The maximum absolute atomic E-state index is 12.2. The molecule has 0 N–H and O–H groups in total. The van der Waals surface area contributed by atoms with Gasteiger partial charge in [-0.1, -0.05) is 41.6 Å². The summed E-state index contributed by atoms with van der Waals surface area (Å²) in [6.45, 7) is 2.08. The van der Waals surface area contributed by atoms with Crippen molar-refractivity contribution < 1.29 is 4.42 Å². The van der Waals surface area contributed by atoms with Crippen LogP contribution >= 0.6 is 34.7 Å². The molecule has 7 nitrogen and oxygen atoms in total. The number of hydrogen-bond acceptors (Lipinski definition) is 8. The molecule has 4 rings (SSSR count). The lowest BCUT2D eigenvalue weighted by molar-refractivity contribution is 0.466. The number of fused-ring (bicyclic) bond motifs is 1. The van der Waals surface area contributed by atoms with E-state index in [1.807, 2.05) is 12.1 Å². The molecule has 27 heavy (non-hydrogen) atoms. The van der Waals surface area contributed by atoms with Crippen LogP contribution < -0.4 is 5.56 Å². The lowest BCUT2D eigenvalue weighted by Crippen LogP contribution is -2.15. The summed E-state index contributed by atoms with van der Waals surface area (Å²) >= 11 is 8.66. The first-order valence-corrected chi connectivity index (χ1v) is 10.4. The van der Waals surface area contributed by atoms with Gasteiger partial charge in [0.05, 0.1) is 5.69 Å². The highest BCUT2D eigenvalue weighted by Crippen LogP contribution is 2.26. The minimum Gasteiger partial charge on any atom is -0.411 e. The molecule has 3 aromatic heterocycles. The summed E-state index contributed by atoms with van der Waals surface area (Å²) in [5.41, 5.74) is 1.27. The Morgan fingerprint density at radius 1 is 1.26 bits per heavy atom. The summed E-state index contributed by atoms with van der Waals surface area (Å²) in [5, 5.41) is 14.4. The van der Waals surface area contributed by atoms with Gasteiger partial charge in [-0.3, -0.25) is 4.79 Å². The first-order chi connectivity index (χ1) is 13.1. The second-order valence-corrected chi connectivity index (χ2v) is 8.10. The Labute approximate surface area is 167 Å². The van der Waals surface area contributed by atoms with Gasteiger partial charge in [0.25, 0.3) is 10.8 Å². The van der Waals surface area contributed by atoms with Crippen molar-refractivity contribution in [3.63, 3.8) is 0 Å². The molecule has 3 heterocycles. The van der Waals surface area contributed by atoms with Crippen molar-refractivity contribution in [3.05, 3.63) is 56.4 Å². The fourth-order valence-electron chi connectivity index (χ4n) is 2.40. The highest BCUT2D eigenvalue weighted by Gasteiger charge is 2.12. The molecule has 0 amide bonds. The highest BCUT2D eigenvalue weighted by molar-refractivity contribution is 7.98. The van der Waals surface area contributed by atoms with Crippen molar-refractivity contribution in [1.82, 2.24) is 24.8 Å². The molecule has 0 atom stereocenters. The molecule has 4 aromatic rings. The summed E-state index contributed by atoms with van der Waals surface area (Å²) in [6, 6.07) is 8.66. The van der Waals surface area contributed by atoms with Crippen molar-refractivity contribution in [1.29, 1.82) is 0 Å². The van der Waals surface area contributed by atoms with Crippen LogP contribution in [0, 0.1) is 0 Å². The van der Waals surface area contributed by atoms with Gasteiger partial charge in [-0.05, 0) is 30.7 Å². The average molecular weight is 420 g/mol. The third-order valence-electron chi connectivity index (χ3n) is 3.64. The van der Waals surface area contributed by atoms with Gasteiger partial charge in [0, 0.05) is 28.8 Å². The van der Waals surface area contributed by atoms with Gasteiger partial charge in [0.2, 0.25) is 10.9 Å². The Morgan fingerprint density at radius 2 is 2.07 bits per heavy atom. The average Bonchev–Trinajstić information content (AvgIpc) is 3.28. The summed E-state index contributed by atoms with van der Waals surface area (Å²) in [6.07, 6.45) is 1.82. The van der Waals surface area contributed by atoms with Gasteiger partial charge in [-0.2, -0.15) is 9.61 Å². The molecule has 0 fully saturated rings. The van der Waals surface area contributed by atoms with Gasteiger partial charge in [-0.15, -0.1) is 10.2 Å². The SMILES string of the molecule is CCCc1nn2c(=O)cc(CSc3nnc(-c4ccc(Cl)cc4)o3)nc2s1. The Kier molecular flexibility index (Phi) is 5.24. The molecule has 0 aliphatic heterocycles. The maximum Gasteiger partial charge on any atom is 0.277 e. The third kappa shape index (κ3) is 4.05. The first kappa shape index (κ1) is 18.1. The first-order valence-electron chi connectivity index (χ1n) is 8.23. The molecule has 0 bridgehead atoms. The fourth-order valence-corrected chi connectivity index (χ4v) is 4.20. The van der Waals surface area contributed by atoms with Gasteiger partial charge in [-0.25, -0.2) is 4.98 Å². The van der Waals surface area contributed by atoms with Crippen molar-refractivity contribution in [2.45, 2.75) is 30.7 Å². The zero-order chi connectivity index (χ0) is 18.8. The predicted molar refractivity (Wildman–Crippen MR) is 105 cm³/mol. The third-order valence-corrected chi connectivity index (χ3v) is 5.72. The van der Waals surface area contributed by atoms with Crippen LogP contribution in [0.1, 0.15) is 24.0 Å². The molecular formula is C17H14ClN5O2S2. The van der Waals surface area contributed by atoms with Gasteiger partial charge < -0.3 is 4.42 Å². The van der Waals surface area contributed by atoms with Crippen LogP contribution in [0.2, 0.25) is 5.02 Å². The lowest BCUT2D eigenvalue weighted by atomic mass is 10.2. The van der Waals surface area contributed by atoms with Crippen molar-refractivity contribution >= 4 is 39.7 Å². The number of hydrogen-bond donors (Lipinski definition) is 0. The van der Waals surface area contributed by atoms with E-state index in [4.69, 9.17) is 16.0 Å². The molecule has 138 valence electrons. The number of halogens is 1. The van der Waals surface area contributed by atoms with Crippen LogP contribution in [0.3, 0.4) is 0 Å². The van der Waals surface area contributed by atoms with Crippen molar-refractivity contribution in [2.24, 2.45) is 0 Å². The standard InChI is InChI=1S/C17H14ClN5O2S2/c1-2-3-13-22-23-14(24)8-12(19-16(23)27-13)9-26-17-21-20-15(25-17)10-4-6-11(18)7-5-10/h4-8H,2-3,9H2,1H3. The van der Waals surface area contributed by atoms with Crippen molar-refractivity contribution in [2.75, 3.05) is 0 Å². The second-order valence-electron chi connectivity index (χ2n) is 5.69. The number of aromatic nitrogens is 5. The monoisotopic (exact) mass is 419 g/mol. The number of rotatable bonds is 6. The van der Waals surface area contributed by atoms with Gasteiger partial charge in [0.15, 0.2) is 0 Å². The van der Waals surface area contributed by atoms with Crippen LogP contribution in [0.4, 0.5) is 0 Å². The second kappa shape index (κ2) is 7.79. The zero-order valence-electron chi connectivity index (χ0n) is 14.3. The van der Waals surface area contributed by atoms with Gasteiger partial charge >= 0.3 is 0 Å². The molecule has 0 aliphatic rings. The van der Waals surface area contributed by atoms with E-state index in [1.165, 1.54) is 33.7 Å². The predicted octanol–water partition coefficient (Wildman–Crippen LogP) is 4.10. The van der Waals surface area contributed by atoms with Crippen LogP contribution in [0.5, 0.6) is 0 Å². The van der Waals surface area contributed by atoms with E-state index in [0.717, 1.165) is 23.4 Å². The smallest absolute Gasteiger partial charge is 0.277 e. The van der Waals surface area contributed by atoms with E-state index in [2.05, 4.69) is 27.2 Å². The number of thioether (sulfide) groups is 1. The minimum atomic E-state index is -0.179. The quantitative estimate of drug-likeness (QED) is 0.435. The molecule has 0 aliphatic carbocycles. The molecular weight excluding hydrogens is 406 g/mol. The van der Waals surface area contributed by atoms with E-state index >= 15 is 0 Å². The fraction of sp³-hybridized carbons (Fsp3) is 0.235. The molecule has 0 saturated heterocycles. The van der Waals surface area contributed by atoms with Crippen LogP contribution in [-0.2, 0) is 12.2 Å². The summed E-state index contributed by atoms with van der Waals surface area (Å²) < 4.78 is 7.02. The van der Waals surface area contributed by atoms with E-state index in [9.17, 15) is 4.79 Å². The molecule has 0 unspecified atom stereocenters. The molecule has 1 aromatic carbocycles. The topological polar surface area (TPSA) is 86.2 Å². The number of nitrogens with zero attached hydrogens (tertiary/aromatic N) is 5. The van der Waals surface area contributed by atoms with Crippen LogP contribution in [-0.4, -0.2) is 24.8 Å². The van der Waals surface area contributed by atoms with E-state index in [1.54, 1.807) is 12.1 Å². The van der Waals surface area contributed by atoms with E-state index < -0.39 is 0 Å². The summed E-state index contributed by atoms with van der Waals surface area (Å²) in [5.74, 6) is 0.874. The van der Waals surface area contributed by atoms with E-state index in [-0.39, 0.29) is 5.56 Å². The van der Waals surface area contributed by atoms with Gasteiger partial charge in [0.1, 0.15) is 5.01 Å². The van der Waals surface area contributed by atoms with E-state index in [0.29, 0.717) is 32.5 Å². The number of aryl methyl sites for hydroxylation is 1. The number of benzene rings is 1. The van der Waals surface area contributed by atoms with Crippen LogP contribution in [0.25, 0.3) is 16.4 Å². The molecule has 10 heteroatoms. The Bertz CT molecular complexity index is 1140.